The number of nitrogens with one attached hydrogen (secondary N) is 2. The van der Waals surface area contributed by atoms with Gasteiger partial charge in [0, 0.05) is 5.69 Å². The molecule has 2 rings (SSSR count). The Balaban J connectivity index is 2.03. The molecule has 0 aliphatic rings. The number of hydrogen-bond acceptors (Lipinski definition) is 3. The fourth-order valence-electron chi connectivity index (χ4n) is 1.72. The largest absolute Gasteiger partial charge is 0.495 e. The maximum atomic E-state index is 13.5. The second-order valence-corrected chi connectivity index (χ2v) is 5.05. The summed E-state index contributed by atoms with van der Waals surface area (Å²) in [5.41, 5.74) is 0.490. The van der Waals surface area contributed by atoms with Crippen molar-refractivity contribution < 1.29 is 13.9 Å². The van der Waals surface area contributed by atoms with Crippen LogP contribution in [0.15, 0.2) is 42.5 Å². The third kappa shape index (κ3) is 3.93. The van der Waals surface area contributed by atoms with Crippen LogP contribution in [-0.4, -0.2) is 18.1 Å². The molecule has 0 aliphatic heterocycles. The van der Waals surface area contributed by atoms with Crippen molar-refractivity contribution in [1.82, 2.24) is 5.32 Å². The molecule has 2 aromatic rings. The Bertz CT molecular complexity index is 724. The molecule has 0 radical (unpaired) electrons. The summed E-state index contributed by atoms with van der Waals surface area (Å²) < 4.78 is 18.5. The van der Waals surface area contributed by atoms with Crippen molar-refractivity contribution in [2.24, 2.45) is 0 Å². The molecule has 2 aromatic carbocycles. The first-order valence-corrected chi connectivity index (χ1v) is 7.00. The lowest BCUT2D eigenvalue weighted by Gasteiger charge is -2.11. The summed E-state index contributed by atoms with van der Waals surface area (Å²) >= 11 is 11.0. The highest BCUT2D eigenvalue weighted by Crippen LogP contribution is 2.27. The molecule has 0 bridgehead atoms. The van der Waals surface area contributed by atoms with Gasteiger partial charge in [0.05, 0.1) is 17.7 Å². The summed E-state index contributed by atoms with van der Waals surface area (Å²) in [6.07, 6.45) is 0. The highest BCUT2D eigenvalue weighted by molar-refractivity contribution is 7.80. The van der Waals surface area contributed by atoms with Gasteiger partial charge in [0.25, 0.3) is 5.91 Å². The van der Waals surface area contributed by atoms with Gasteiger partial charge in [-0.05, 0) is 42.5 Å². The molecule has 1 amide bonds. The van der Waals surface area contributed by atoms with Crippen molar-refractivity contribution in [3.63, 3.8) is 0 Å². The SMILES string of the molecule is COc1ccc(NC(=S)NC(=O)c2ccccc2F)cc1Cl. The Labute approximate surface area is 137 Å². The van der Waals surface area contributed by atoms with Gasteiger partial charge >= 0.3 is 0 Å². The van der Waals surface area contributed by atoms with Crippen LogP contribution in [0.3, 0.4) is 0 Å². The average molecular weight is 339 g/mol. The van der Waals surface area contributed by atoms with Crippen molar-refractivity contribution in [3.8, 4) is 5.75 Å². The molecule has 0 saturated carbocycles. The number of thiocarbonyl (C=S) groups is 1. The highest BCUT2D eigenvalue weighted by atomic mass is 35.5. The Hall–Kier alpha value is -2.18. The molecule has 4 nitrogen and oxygen atoms in total. The van der Waals surface area contributed by atoms with Gasteiger partial charge in [-0.1, -0.05) is 23.7 Å². The first-order chi connectivity index (χ1) is 10.5. The van der Waals surface area contributed by atoms with Crippen molar-refractivity contribution >= 4 is 40.5 Å². The minimum atomic E-state index is -0.629. The second-order valence-electron chi connectivity index (χ2n) is 4.24. The third-order valence-electron chi connectivity index (χ3n) is 2.76. The van der Waals surface area contributed by atoms with Gasteiger partial charge in [-0.15, -0.1) is 0 Å². The molecule has 0 heterocycles. The van der Waals surface area contributed by atoms with Gasteiger partial charge in [0.15, 0.2) is 5.11 Å². The molecular formula is C15H12ClFN2O2S. The zero-order valence-corrected chi connectivity index (χ0v) is 13.1. The second kappa shape index (κ2) is 7.20. The van der Waals surface area contributed by atoms with E-state index in [1.54, 1.807) is 24.3 Å². The maximum absolute atomic E-state index is 13.5. The van der Waals surface area contributed by atoms with Crippen LogP contribution in [0.5, 0.6) is 5.75 Å². The van der Waals surface area contributed by atoms with E-state index in [4.69, 9.17) is 28.6 Å². The van der Waals surface area contributed by atoms with Gasteiger partial charge in [-0.2, -0.15) is 0 Å². The Morgan fingerprint density at radius 3 is 2.64 bits per heavy atom. The van der Waals surface area contributed by atoms with E-state index in [1.165, 1.54) is 25.3 Å². The van der Waals surface area contributed by atoms with E-state index < -0.39 is 11.7 Å². The zero-order valence-electron chi connectivity index (χ0n) is 11.5. The predicted molar refractivity (Wildman–Crippen MR) is 88.1 cm³/mol. The number of carbonyl (C=O) groups excluding carboxylic acids is 1. The fourth-order valence-corrected chi connectivity index (χ4v) is 2.19. The van der Waals surface area contributed by atoms with Gasteiger partial charge in [0.1, 0.15) is 11.6 Å². The van der Waals surface area contributed by atoms with Crippen LogP contribution in [0.2, 0.25) is 5.02 Å². The molecule has 0 unspecified atom stereocenters. The summed E-state index contributed by atoms with van der Waals surface area (Å²) in [4.78, 5) is 11.9. The van der Waals surface area contributed by atoms with E-state index in [0.29, 0.717) is 16.5 Å². The number of hydrogen-bond donors (Lipinski definition) is 2. The van der Waals surface area contributed by atoms with Crippen LogP contribution in [0, 0.1) is 5.82 Å². The number of methoxy groups -OCH3 is 1. The lowest BCUT2D eigenvalue weighted by molar-refractivity contribution is 0.0974. The first-order valence-electron chi connectivity index (χ1n) is 6.21. The van der Waals surface area contributed by atoms with Crippen LogP contribution in [0.1, 0.15) is 10.4 Å². The van der Waals surface area contributed by atoms with Crippen LogP contribution in [-0.2, 0) is 0 Å². The molecule has 0 saturated heterocycles. The van der Waals surface area contributed by atoms with Crippen molar-refractivity contribution in [2.75, 3.05) is 12.4 Å². The van der Waals surface area contributed by atoms with Crippen LogP contribution >= 0.6 is 23.8 Å². The van der Waals surface area contributed by atoms with E-state index in [-0.39, 0.29) is 10.7 Å². The van der Waals surface area contributed by atoms with Crippen LogP contribution in [0.25, 0.3) is 0 Å². The minimum absolute atomic E-state index is 0.0366. The summed E-state index contributed by atoms with van der Waals surface area (Å²) in [6.45, 7) is 0. The Kier molecular flexibility index (Phi) is 5.30. The molecule has 0 spiro atoms. The number of amides is 1. The van der Waals surface area contributed by atoms with Crippen molar-refractivity contribution in [1.29, 1.82) is 0 Å². The van der Waals surface area contributed by atoms with Gasteiger partial charge < -0.3 is 10.1 Å². The van der Waals surface area contributed by atoms with Gasteiger partial charge in [-0.3, -0.25) is 10.1 Å². The van der Waals surface area contributed by atoms with Crippen LogP contribution in [0.4, 0.5) is 10.1 Å². The van der Waals surface area contributed by atoms with E-state index in [0.717, 1.165) is 0 Å². The number of ether oxygens (including phenoxy) is 1. The molecule has 0 fully saturated rings. The molecule has 0 aliphatic carbocycles. The van der Waals surface area contributed by atoms with Crippen LogP contribution < -0.4 is 15.4 Å². The van der Waals surface area contributed by atoms with E-state index in [2.05, 4.69) is 10.6 Å². The summed E-state index contributed by atoms with van der Waals surface area (Å²) in [6, 6.07) is 10.6. The van der Waals surface area contributed by atoms with Gasteiger partial charge in [0.2, 0.25) is 0 Å². The number of benzene rings is 2. The lowest BCUT2D eigenvalue weighted by atomic mass is 10.2. The lowest BCUT2D eigenvalue weighted by Crippen LogP contribution is -2.34. The normalized spacial score (nSPS) is 9.95. The smallest absolute Gasteiger partial charge is 0.260 e. The summed E-state index contributed by atoms with van der Waals surface area (Å²) in [5.74, 6) is -0.723. The standard InChI is InChI=1S/C15H12ClFN2O2S/c1-21-13-7-6-9(8-11(13)16)18-15(22)19-14(20)10-4-2-3-5-12(10)17/h2-8H,1H3,(H2,18,19,20,22). The Morgan fingerprint density at radius 2 is 2.00 bits per heavy atom. The third-order valence-corrected chi connectivity index (χ3v) is 3.25. The predicted octanol–water partition coefficient (Wildman–Crippen LogP) is 3.61. The topological polar surface area (TPSA) is 50.4 Å². The van der Waals surface area contributed by atoms with E-state index in [9.17, 15) is 9.18 Å². The quantitative estimate of drug-likeness (QED) is 0.839. The number of rotatable bonds is 3. The highest BCUT2D eigenvalue weighted by Gasteiger charge is 2.12. The molecule has 114 valence electrons. The van der Waals surface area contributed by atoms with E-state index >= 15 is 0 Å². The number of halogens is 2. The monoisotopic (exact) mass is 338 g/mol. The summed E-state index contributed by atoms with van der Waals surface area (Å²) in [5, 5.41) is 5.63. The van der Waals surface area contributed by atoms with Crippen molar-refractivity contribution in [2.45, 2.75) is 0 Å². The first kappa shape index (κ1) is 16.2. The molecular weight excluding hydrogens is 327 g/mol. The summed E-state index contributed by atoms with van der Waals surface area (Å²) in [7, 11) is 1.51. The number of carbonyl (C=O) groups is 1. The maximum Gasteiger partial charge on any atom is 0.260 e. The molecule has 0 aromatic heterocycles. The average Bonchev–Trinajstić information content (AvgIpc) is 2.47. The minimum Gasteiger partial charge on any atom is -0.495 e. The number of anilines is 1. The Morgan fingerprint density at radius 1 is 1.27 bits per heavy atom. The van der Waals surface area contributed by atoms with Crippen molar-refractivity contribution in [3.05, 3.63) is 58.9 Å². The molecule has 7 heteroatoms. The molecule has 22 heavy (non-hydrogen) atoms. The molecule has 0 atom stereocenters. The fraction of sp³-hybridized carbons (Fsp3) is 0.0667. The van der Waals surface area contributed by atoms with Gasteiger partial charge in [-0.25, -0.2) is 4.39 Å². The zero-order chi connectivity index (χ0) is 16.1. The molecule has 2 N–H and O–H groups in total. The van der Waals surface area contributed by atoms with E-state index in [1.807, 2.05) is 0 Å².